The van der Waals surface area contributed by atoms with Crippen molar-refractivity contribution in [2.24, 2.45) is 0 Å². The van der Waals surface area contributed by atoms with Crippen LogP contribution in [0, 0.1) is 0 Å². The molecule has 350 valence electrons. The van der Waals surface area contributed by atoms with Gasteiger partial charge in [-0.1, -0.05) is 146 Å². The first-order valence-electron chi connectivity index (χ1n) is 23.2. The highest BCUT2D eigenvalue weighted by Crippen LogP contribution is 2.47. The summed E-state index contributed by atoms with van der Waals surface area (Å²) in [5, 5.41) is 74.3. The van der Waals surface area contributed by atoms with Crippen molar-refractivity contribution in [2.75, 3.05) is 6.61 Å². The number of nitrogens with one attached hydrogen (secondary N) is 1. The predicted octanol–water partition coefficient (Wildman–Crippen LogP) is 7.53. The fourth-order valence-corrected chi connectivity index (χ4v) is 8.00. The van der Waals surface area contributed by atoms with Crippen LogP contribution in [0.3, 0.4) is 0 Å². The molecule has 0 radical (unpaired) electrons. The first kappa shape index (κ1) is 56.3. The molecule has 1 saturated carbocycles. The second-order valence-electron chi connectivity index (χ2n) is 16.4. The molecule has 9 N–H and O–H groups in total. The van der Waals surface area contributed by atoms with Crippen LogP contribution in [-0.2, 0) is 18.4 Å². The molecular weight excluding hydrogens is 789 g/mol. The van der Waals surface area contributed by atoms with Gasteiger partial charge in [0.25, 0.3) is 0 Å². The highest BCUT2D eigenvalue weighted by atomic mass is 31.2. The summed E-state index contributed by atoms with van der Waals surface area (Å²) >= 11 is 0. The summed E-state index contributed by atoms with van der Waals surface area (Å²) in [5.74, 6) is -0.614. The van der Waals surface area contributed by atoms with Gasteiger partial charge in [-0.15, -0.1) is 0 Å². The molecule has 0 aromatic rings. The highest BCUT2D eigenvalue weighted by molar-refractivity contribution is 7.47. The van der Waals surface area contributed by atoms with Crippen LogP contribution < -0.4 is 5.32 Å². The third kappa shape index (κ3) is 27.3. The molecule has 14 heteroatoms. The Hall–Kier alpha value is -1.74. The van der Waals surface area contributed by atoms with Gasteiger partial charge in [0, 0.05) is 0 Å². The number of carbonyl (C=O) groups is 1. The van der Waals surface area contributed by atoms with E-state index in [1.807, 2.05) is 6.08 Å². The molecule has 1 aliphatic carbocycles. The van der Waals surface area contributed by atoms with Crippen LogP contribution in [0.2, 0.25) is 0 Å². The number of phosphoric ester groups is 1. The SMILES string of the molecule is CCCCC/C=C/CC/C=C/CC/C=C/C(O)C(COP(=O)(O)OC1C(O)C(O)C(O)C(O)C1O)NC(=O)CC(O)CCCCCCC/C=C\CCCCCCCCCC. The second-order valence-corrected chi connectivity index (χ2v) is 17.8. The number of aliphatic hydroxyl groups is 7. The average Bonchev–Trinajstić information content (AvgIpc) is 3.22. The van der Waals surface area contributed by atoms with Crippen molar-refractivity contribution >= 4 is 13.7 Å². The van der Waals surface area contributed by atoms with Gasteiger partial charge >= 0.3 is 7.82 Å². The first-order chi connectivity index (χ1) is 28.8. The summed E-state index contributed by atoms with van der Waals surface area (Å²) in [4.78, 5) is 23.4. The van der Waals surface area contributed by atoms with Crippen molar-refractivity contribution in [3.63, 3.8) is 0 Å². The number of unbranched alkanes of at least 4 members (excludes halogenated alkanes) is 18. The zero-order chi connectivity index (χ0) is 44.4. The standard InChI is InChI=1S/C46H84NO12P/c1-3-5-7-9-11-13-15-17-18-19-20-22-23-25-27-29-31-33-37(48)35-40(50)47-38(39(49)34-32-30-28-26-24-21-16-14-12-10-8-6-4-2)36-58-60(56,57)59-46-44(54)42(52)41(51)43(53)45(46)55/h12,14,19-20,24,26,32,34,37-39,41-46,48-49,51-55H,3-11,13,15-18,21-23,25,27-31,33,35-36H2,1-2H3,(H,47,50)(H,56,57)/b14-12+,20-19-,26-24+,34-32+. The number of phosphoric acid groups is 1. The van der Waals surface area contributed by atoms with Crippen LogP contribution in [0.4, 0.5) is 0 Å². The van der Waals surface area contributed by atoms with Gasteiger partial charge < -0.3 is 46.0 Å². The highest BCUT2D eigenvalue weighted by Gasteiger charge is 2.51. The van der Waals surface area contributed by atoms with Gasteiger partial charge in [0.15, 0.2) is 0 Å². The molecule has 0 bridgehead atoms. The Kier molecular flexibility index (Phi) is 33.5. The van der Waals surface area contributed by atoms with Gasteiger partial charge in [-0.05, 0) is 70.6 Å². The Morgan fingerprint density at radius 1 is 0.583 bits per heavy atom. The van der Waals surface area contributed by atoms with Gasteiger partial charge in [0.05, 0.1) is 31.3 Å². The molecule has 13 nitrogen and oxygen atoms in total. The van der Waals surface area contributed by atoms with Crippen molar-refractivity contribution in [2.45, 2.75) is 229 Å². The van der Waals surface area contributed by atoms with Crippen molar-refractivity contribution in [1.29, 1.82) is 0 Å². The van der Waals surface area contributed by atoms with Gasteiger partial charge in [0.2, 0.25) is 5.91 Å². The van der Waals surface area contributed by atoms with Gasteiger partial charge in [-0.3, -0.25) is 13.8 Å². The third-order valence-corrected chi connectivity index (χ3v) is 11.8. The van der Waals surface area contributed by atoms with Gasteiger partial charge in [-0.25, -0.2) is 4.57 Å². The Morgan fingerprint density at radius 2 is 0.983 bits per heavy atom. The van der Waals surface area contributed by atoms with E-state index in [1.54, 1.807) is 6.08 Å². The van der Waals surface area contributed by atoms with Crippen molar-refractivity contribution < 1.29 is 59.0 Å². The van der Waals surface area contributed by atoms with Crippen LogP contribution in [0.15, 0.2) is 48.6 Å². The average molecular weight is 874 g/mol. The molecule has 1 amide bonds. The second kappa shape index (κ2) is 35.7. The Balaban J connectivity index is 2.57. The molecule has 0 heterocycles. The van der Waals surface area contributed by atoms with E-state index in [0.717, 1.165) is 64.2 Å². The summed E-state index contributed by atoms with van der Waals surface area (Å²) in [6.45, 7) is 3.67. The lowest BCUT2D eigenvalue weighted by atomic mass is 9.85. The smallest absolute Gasteiger partial charge is 0.393 e. The van der Waals surface area contributed by atoms with E-state index < -0.39 is 75.2 Å². The normalized spacial score (nSPS) is 23.8. The largest absolute Gasteiger partial charge is 0.472 e. The molecular formula is C46H84NO12P. The maximum atomic E-state index is 13.0. The number of hydrogen-bond acceptors (Lipinski definition) is 11. The van der Waals surface area contributed by atoms with Crippen molar-refractivity contribution in [3.8, 4) is 0 Å². The Morgan fingerprint density at radius 3 is 1.50 bits per heavy atom. The third-order valence-electron chi connectivity index (χ3n) is 10.9. The number of hydrogen-bond donors (Lipinski definition) is 9. The van der Waals surface area contributed by atoms with Crippen LogP contribution in [0.25, 0.3) is 0 Å². The van der Waals surface area contributed by atoms with E-state index in [9.17, 15) is 50.0 Å². The molecule has 0 aliphatic heterocycles. The molecule has 0 saturated heterocycles. The lowest BCUT2D eigenvalue weighted by Gasteiger charge is -2.41. The molecule has 8 atom stereocenters. The zero-order valence-corrected chi connectivity index (χ0v) is 37.8. The lowest BCUT2D eigenvalue weighted by Crippen LogP contribution is -2.64. The number of aliphatic hydroxyl groups excluding tert-OH is 7. The minimum Gasteiger partial charge on any atom is -0.393 e. The maximum absolute atomic E-state index is 13.0. The first-order valence-corrected chi connectivity index (χ1v) is 24.7. The van der Waals surface area contributed by atoms with E-state index in [0.29, 0.717) is 19.3 Å². The summed E-state index contributed by atoms with van der Waals surface area (Å²) < 4.78 is 22.8. The lowest BCUT2D eigenvalue weighted by molar-refractivity contribution is -0.220. The van der Waals surface area contributed by atoms with E-state index in [-0.39, 0.29) is 6.42 Å². The van der Waals surface area contributed by atoms with E-state index in [4.69, 9.17) is 9.05 Å². The molecule has 1 fully saturated rings. The quantitative estimate of drug-likeness (QED) is 0.0168. The number of carbonyl (C=O) groups excluding carboxylic acids is 1. The van der Waals surface area contributed by atoms with Crippen LogP contribution >= 0.6 is 7.82 Å². The Bertz CT molecular complexity index is 1220. The molecule has 8 unspecified atom stereocenters. The number of rotatable bonds is 37. The van der Waals surface area contributed by atoms with Crippen LogP contribution in [0.5, 0.6) is 0 Å². The number of allylic oxidation sites excluding steroid dienone is 7. The monoisotopic (exact) mass is 874 g/mol. The molecule has 60 heavy (non-hydrogen) atoms. The van der Waals surface area contributed by atoms with Crippen molar-refractivity contribution in [1.82, 2.24) is 5.32 Å². The summed E-state index contributed by atoms with van der Waals surface area (Å²) in [6, 6.07) is -1.27. The van der Waals surface area contributed by atoms with E-state index >= 15 is 0 Å². The summed E-state index contributed by atoms with van der Waals surface area (Å²) in [6.07, 6.45) is 27.8. The van der Waals surface area contributed by atoms with E-state index in [1.165, 1.54) is 76.7 Å². The fraction of sp³-hybridized carbons (Fsp3) is 0.804. The van der Waals surface area contributed by atoms with Crippen LogP contribution in [-0.4, -0.2) is 108 Å². The van der Waals surface area contributed by atoms with Crippen molar-refractivity contribution in [3.05, 3.63) is 48.6 Å². The minimum atomic E-state index is -5.15. The summed E-state index contributed by atoms with van der Waals surface area (Å²) in [7, 11) is -5.15. The molecule has 0 aromatic carbocycles. The molecule has 1 rings (SSSR count). The zero-order valence-electron chi connectivity index (χ0n) is 36.9. The van der Waals surface area contributed by atoms with Gasteiger partial charge in [0.1, 0.15) is 36.6 Å². The Labute approximate surface area is 361 Å². The van der Waals surface area contributed by atoms with E-state index in [2.05, 4.69) is 49.5 Å². The van der Waals surface area contributed by atoms with Crippen LogP contribution in [0.1, 0.15) is 174 Å². The molecule has 1 aliphatic rings. The molecule has 0 spiro atoms. The maximum Gasteiger partial charge on any atom is 0.472 e. The fourth-order valence-electron chi connectivity index (χ4n) is 7.03. The molecule has 0 aromatic heterocycles. The number of amides is 1. The minimum absolute atomic E-state index is 0.263. The predicted molar refractivity (Wildman–Crippen MR) is 238 cm³/mol. The topological polar surface area (TPSA) is 226 Å². The summed E-state index contributed by atoms with van der Waals surface area (Å²) in [5.41, 5.74) is 0. The van der Waals surface area contributed by atoms with Gasteiger partial charge in [-0.2, -0.15) is 0 Å².